The van der Waals surface area contributed by atoms with Gasteiger partial charge in [0.15, 0.2) is 0 Å². The molecule has 0 spiro atoms. The van der Waals surface area contributed by atoms with Gasteiger partial charge in [-0.05, 0) is 132 Å². The van der Waals surface area contributed by atoms with Crippen molar-refractivity contribution in [2.24, 2.45) is 0 Å². The van der Waals surface area contributed by atoms with Crippen LogP contribution in [-0.2, 0) is 10.8 Å². The number of fused-ring (bicyclic) bond motifs is 9. The van der Waals surface area contributed by atoms with Crippen molar-refractivity contribution in [2.45, 2.75) is 38.5 Å². The SMILES string of the molecule is CC1(C)c2ccccc2-c2ccc(N(c3cccc(-c4cc5oc6cccc7c8ccccc8c(c4)c5c67)c3)c3ccc4c(c3)C(C)(C)c3ccccc3-4)cc21. The van der Waals surface area contributed by atoms with Crippen molar-refractivity contribution in [3.63, 3.8) is 0 Å². The van der Waals surface area contributed by atoms with Crippen LogP contribution >= 0.6 is 0 Å². The molecule has 56 heavy (non-hydrogen) atoms. The molecular weight excluding hydrogens is 679 g/mol. The van der Waals surface area contributed by atoms with Crippen LogP contribution in [0, 0.1) is 0 Å². The average Bonchev–Trinajstić information content (AvgIpc) is 3.80. The topological polar surface area (TPSA) is 16.4 Å². The number of rotatable bonds is 4. The van der Waals surface area contributed by atoms with E-state index < -0.39 is 0 Å². The maximum absolute atomic E-state index is 6.63. The van der Waals surface area contributed by atoms with Gasteiger partial charge in [0.25, 0.3) is 0 Å². The van der Waals surface area contributed by atoms with E-state index in [0.29, 0.717) is 0 Å². The fourth-order valence-corrected chi connectivity index (χ4v) is 10.4. The van der Waals surface area contributed by atoms with E-state index in [1.807, 2.05) is 0 Å². The first kappa shape index (κ1) is 31.7. The number of hydrogen-bond acceptors (Lipinski definition) is 2. The molecule has 2 heteroatoms. The Morgan fingerprint density at radius 3 is 1.54 bits per heavy atom. The lowest BCUT2D eigenvalue weighted by atomic mass is 9.82. The van der Waals surface area contributed by atoms with Crippen molar-refractivity contribution in [1.29, 1.82) is 0 Å². The van der Waals surface area contributed by atoms with Crippen LogP contribution in [-0.4, -0.2) is 0 Å². The second kappa shape index (κ2) is 11.0. The van der Waals surface area contributed by atoms with Gasteiger partial charge in [-0.3, -0.25) is 0 Å². The molecule has 0 atom stereocenters. The molecule has 0 N–H and O–H groups in total. The van der Waals surface area contributed by atoms with Crippen LogP contribution in [0.15, 0.2) is 168 Å². The van der Waals surface area contributed by atoms with Crippen LogP contribution in [0.5, 0.6) is 0 Å². The molecule has 12 rings (SSSR count). The number of furan rings is 1. The summed E-state index contributed by atoms with van der Waals surface area (Å²) in [7, 11) is 0. The molecule has 0 fully saturated rings. The average molecular weight is 718 g/mol. The van der Waals surface area contributed by atoms with Crippen LogP contribution in [0.1, 0.15) is 49.9 Å². The second-order valence-electron chi connectivity index (χ2n) is 16.9. The molecule has 10 aromatic rings. The maximum atomic E-state index is 6.63. The highest BCUT2D eigenvalue weighted by Gasteiger charge is 2.37. The maximum Gasteiger partial charge on any atom is 0.136 e. The fourth-order valence-electron chi connectivity index (χ4n) is 10.4. The van der Waals surface area contributed by atoms with E-state index in [1.54, 1.807) is 0 Å². The molecule has 1 heterocycles. The second-order valence-corrected chi connectivity index (χ2v) is 16.9. The van der Waals surface area contributed by atoms with Crippen LogP contribution in [0.3, 0.4) is 0 Å². The molecule has 2 aliphatic carbocycles. The monoisotopic (exact) mass is 717 g/mol. The predicted molar refractivity (Wildman–Crippen MR) is 235 cm³/mol. The number of hydrogen-bond donors (Lipinski definition) is 0. The van der Waals surface area contributed by atoms with Gasteiger partial charge in [-0.15, -0.1) is 0 Å². The molecule has 0 amide bonds. The highest BCUT2D eigenvalue weighted by molar-refractivity contribution is 6.33. The molecule has 0 saturated carbocycles. The Kier molecular flexibility index (Phi) is 6.22. The summed E-state index contributed by atoms with van der Waals surface area (Å²) in [5.41, 5.74) is 18.2. The molecule has 0 unspecified atom stereocenters. The predicted octanol–water partition coefficient (Wildman–Crippen LogP) is 15.1. The molecule has 0 radical (unpaired) electrons. The van der Waals surface area contributed by atoms with Gasteiger partial charge < -0.3 is 9.32 Å². The van der Waals surface area contributed by atoms with Gasteiger partial charge in [0, 0.05) is 38.7 Å². The summed E-state index contributed by atoms with van der Waals surface area (Å²) in [6.45, 7) is 9.46. The molecule has 1 aromatic heterocycles. The van der Waals surface area contributed by atoms with Gasteiger partial charge in [0.1, 0.15) is 11.2 Å². The lowest BCUT2D eigenvalue weighted by Gasteiger charge is -2.30. The van der Waals surface area contributed by atoms with Crippen molar-refractivity contribution >= 4 is 60.5 Å². The Hall–Kier alpha value is -6.64. The van der Waals surface area contributed by atoms with Crippen molar-refractivity contribution in [3.05, 3.63) is 186 Å². The molecule has 9 aromatic carbocycles. The summed E-state index contributed by atoms with van der Waals surface area (Å²) in [4.78, 5) is 2.47. The third kappa shape index (κ3) is 4.16. The van der Waals surface area contributed by atoms with Crippen molar-refractivity contribution < 1.29 is 4.42 Å². The molecule has 2 aliphatic rings. The Balaban J connectivity index is 1.07. The standard InChI is InChI=1S/C54H39NO/c1-53(2)45-20-9-7-17-39(45)41-25-23-35(30-47(41)53)55(36-24-26-42-40-18-8-10-21-46(40)54(3,4)48(42)31-36)34-14-11-13-32(27-34)33-28-44-38-16-6-5-15-37(38)43-19-12-22-49-51(43)52(44)50(29-33)56-49/h5-31H,1-4H3. The van der Waals surface area contributed by atoms with E-state index in [1.165, 1.54) is 76.8 Å². The quantitative estimate of drug-likeness (QED) is 0.169. The van der Waals surface area contributed by atoms with Crippen LogP contribution in [0.25, 0.3) is 76.9 Å². The molecule has 0 bridgehead atoms. The van der Waals surface area contributed by atoms with Gasteiger partial charge in [-0.2, -0.15) is 0 Å². The summed E-state index contributed by atoms with van der Waals surface area (Å²) < 4.78 is 6.63. The Morgan fingerprint density at radius 1 is 0.357 bits per heavy atom. The number of anilines is 3. The summed E-state index contributed by atoms with van der Waals surface area (Å²) in [6.07, 6.45) is 0. The Bertz CT molecular complexity index is 3160. The summed E-state index contributed by atoms with van der Waals surface area (Å²) in [5.74, 6) is 0. The highest BCUT2D eigenvalue weighted by Crippen LogP contribution is 2.53. The first-order valence-corrected chi connectivity index (χ1v) is 19.8. The minimum Gasteiger partial charge on any atom is -0.456 e. The third-order valence-corrected chi connectivity index (χ3v) is 13.2. The van der Waals surface area contributed by atoms with Crippen molar-refractivity contribution in [3.8, 4) is 33.4 Å². The molecule has 2 nitrogen and oxygen atoms in total. The normalized spacial score (nSPS) is 14.7. The number of nitrogens with zero attached hydrogens (tertiary/aromatic N) is 1. The smallest absolute Gasteiger partial charge is 0.136 e. The number of benzene rings is 9. The van der Waals surface area contributed by atoms with Gasteiger partial charge in [0.05, 0.1) is 0 Å². The summed E-state index contributed by atoms with van der Waals surface area (Å²) >= 11 is 0. The first-order chi connectivity index (χ1) is 27.3. The zero-order valence-corrected chi connectivity index (χ0v) is 31.9. The van der Waals surface area contributed by atoms with Crippen molar-refractivity contribution in [2.75, 3.05) is 4.90 Å². The van der Waals surface area contributed by atoms with Gasteiger partial charge in [0.2, 0.25) is 0 Å². The minimum atomic E-state index is -0.115. The van der Waals surface area contributed by atoms with E-state index in [0.717, 1.165) is 39.4 Å². The summed E-state index contributed by atoms with van der Waals surface area (Å²) in [5, 5.41) is 7.41. The largest absolute Gasteiger partial charge is 0.456 e. The third-order valence-electron chi connectivity index (χ3n) is 13.2. The van der Waals surface area contributed by atoms with Crippen LogP contribution < -0.4 is 4.90 Å². The molecular formula is C54H39NO. The van der Waals surface area contributed by atoms with Gasteiger partial charge >= 0.3 is 0 Å². The Morgan fingerprint density at radius 2 is 0.875 bits per heavy atom. The Labute approximate surface area is 326 Å². The highest BCUT2D eigenvalue weighted by atomic mass is 16.3. The first-order valence-electron chi connectivity index (χ1n) is 19.8. The van der Waals surface area contributed by atoms with Crippen LogP contribution in [0.4, 0.5) is 17.1 Å². The zero-order chi connectivity index (χ0) is 37.5. The lowest BCUT2D eigenvalue weighted by Crippen LogP contribution is -2.18. The van der Waals surface area contributed by atoms with E-state index in [9.17, 15) is 0 Å². The van der Waals surface area contributed by atoms with E-state index >= 15 is 0 Å². The lowest BCUT2D eigenvalue weighted by molar-refractivity contribution is 0.660. The minimum absolute atomic E-state index is 0.115. The van der Waals surface area contributed by atoms with E-state index in [4.69, 9.17) is 4.42 Å². The van der Waals surface area contributed by atoms with Crippen LogP contribution in [0.2, 0.25) is 0 Å². The molecule has 0 saturated heterocycles. The van der Waals surface area contributed by atoms with Gasteiger partial charge in [-0.25, -0.2) is 0 Å². The van der Waals surface area contributed by atoms with Gasteiger partial charge in [-0.1, -0.05) is 137 Å². The zero-order valence-electron chi connectivity index (χ0n) is 31.9. The molecule has 0 aliphatic heterocycles. The fraction of sp³-hybridized carbons (Fsp3) is 0.111. The van der Waals surface area contributed by atoms with E-state index in [2.05, 4.69) is 196 Å². The van der Waals surface area contributed by atoms with Crippen molar-refractivity contribution in [1.82, 2.24) is 0 Å². The van der Waals surface area contributed by atoms with E-state index in [-0.39, 0.29) is 10.8 Å². The molecule has 266 valence electrons. The summed E-state index contributed by atoms with van der Waals surface area (Å²) in [6, 6.07) is 60.9.